The van der Waals surface area contributed by atoms with Crippen molar-refractivity contribution in [2.45, 2.75) is 155 Å². The van der Waals surface area contributed by atoms with Crippen LogP contribution in [0.15, 0.2) is 30.3 Å². The van der Waals surface area contributed by atoms with Gasteiger partial charge >= 0.3 is 5.97 Å². The van der Waals surface area contributed by atoms with Gasteiger partial charge in [0.25, 0.3) is 0 Å². The number of methoxy groups -OCH3 is 2. The Kier molecular flexibility index (Phi) is 17.1. The first-order valence-corrected chi connectivity index (χ1v) is 20.4. The summed E-state index contributed by atoms with van der Waals surface area (Å²) in [5, 5.41) is 0. The summed E-state index contributed by atoms with van der Waals surface area (Å²) in [6.07, 6.45) is 4.66. The quantitative estimate of drug-likeness (QED) is 0.154. The number of Topliss-reactive ketones (excluding diaryl/α,β-unsaturated/α-hetero) is 2. The predicted molar refractivity (Wildman–Crippen MR) is 214 cm³/mol. The normalized spacial score (nSPS) is 20.1. The van der Waals surface area contributed by atoms with Gasteiger partial charge in [-0.15, -0.1) is 0 Å². The van der Waals surface area contributed by atoms with E-state index in [0.717, 1.165) is 37.7 Å². The van der Waals surface area contributed by atoms with Gasteiger partial charge in [0.2, 0.25) is 11.8 Å². The zero-order valence-electron chi connectivity index (χ0n) is 35.6. The van der Waals surface area contributed by atoms with Gasteiger partial charge in [-0.2, -0.15) is 0 Å². The number of nitrogens with two attached hydrogens (primary N) is 1. The number of amides is 2. The minimum Gasteiger partial charge on any atom is -0.460 e. The molecule has 11 heteroatoms. The van der Waals surface area contributed by atoms with E-state index in [9.17, 15) is 24.0 Å². The van der Waals surface area contributed by atoms with Gasteiger partial charge in [0, 0.05) is 52.5 Å². The molecule has 0 unspecified atom stereocenters. The van der Waals surface area contributed by atoms with Gasteiger partial charge in [-0.05, 0) is 84.1 Å². The van der Waals surface area contributed by atoms with E-state index < -0.39 is 47.1 Å². The number of hydrogen-bond donors (Lipinski definition) is 1. The molecular weight excluding hydrogens is 698 g/mol. The number of ketones is 2. The van der Waals surface area contributed by atoms with Crippen molar-refractivity contribution >= 4 is 29.4 Å². The van der Waals surface area contributed by atoms with Gasteiger partial charge in [-0.25, -0.2) is 0 Å². The highest BCUT2D eigenvalue weighted by molar-refractivity contribution is 5.92. The Morgan fingerprint density at radius 2 is 1.49 bits per heavy atom. The van der Waals surface area contributed by atoms with Crippen molar-refractivity contribution in [1.29, 1.82) is 0 Å². The van der Waals surface area contributed by atoms with Crippen molar-refractivity contribution in [2.75, 3.05) is 27.8 Å². The first-order valence-electron chi connectivity index (χ1n) is 20.4. The zero-order valence-corrected chi connectivity index (χ0v) is 35.6. The van der Waals surface area contributed by atoms with E-state index in [1.165, 1.54) is 0 Å². The number of likely N-dealkylation sites (tertiary alicyclic amines) is 1. The number of carbonyl (C=O) groups excluding carboxylic acids is 5. The van der Waals surface area contributed by atoms with E-state index in [4.69, 9.17) is 19.9 Å². The second-order valence-corrected chi connectivity index (χ2v) is 18.0. The lowest BCUT2D eigenvalue weighted by Gasteiger charge is -2.41. The molecule has 1 aromatic rings. The minimum absolute atomic E-state index is 0.00751. The Hall–Kier alpha value is -3.15. The number of carbonyl (C=O) groups is 5. The number of rotatable bonds is 20. The highest BCUT2D eigenvalue weighted by atomic mass is 16.6. The predicted octanol–water partition coefficient (Wildman–Crippen LogP) is 6.18. The van der Waals surface area contributed by atoms with E-state index in [1.807, 2.05) is 76.8 Å². The Bertz CT molecular complexity index is 1430. The highest BCUT2D eigenvalue weighted by Gasteiger charge is 2.44. The van der Waals surface area contributed by atoms with Gasteiger partial charge in [-0.3, -0.25) is 24.0 Å². The number of ether oxygens (including phenoxy) is 3. The van der Waals surface area contributed by atoms with Crippen molar-refractivity contribution in [3.8, 4) is 0 Å². The molecule has 3 rings (SSSR count). The molecule has 1 saturated heterocycles. The molecule has 2 N–H and O–H groups in total. The molecule has 1 aromatic carbocycles. The molecule has 0 spiro atoms. The monoisotopic (exact) mass is 770 g/mol. The summed E-state index contributed by atoms with van der Waals surface area (Å²) in [6, 6.07) is 8.91. The third kappa shape index (κ3) is 12.9. The molecule has 1 saturated carbocycles. The molecule has 1 aliphatic carbocycles. The van der Waals surface area contributed by atoms with E-state index >= 15 is 0 Å². The van der Waals surface area contributed by atoms with Crippen molar-refractivity contribution in [2.24, 2.45) is 35.3 Å². The Morgan fingerprint density at radius 3 is 2.02 bits per heavy atom. The molecule has 310 valence electrons. The fourth-order valence-electron chi connectivity index (χ4n) is 8.55. The largest absolute Gasteiger partial charge is 0.460 e. The van der Waals surface area contributed by atoms with E-state index in [-0.39, 0.29) is 66.6 Å². The third-order valence-electron chi connectivity index (χ3n) is 11.8. The Balaban J connectivity index is 1.81. The number of nitrogens with zero attached hydrogens (tertiary/aromatic N) is 2. The summed E-state index contributed by atoms with van der Waals surface area (Å²) in [4.78, 5) is 72.5. The number of hydrogen-bond acceptors (Lipinski definition) is 9. The number of benzene rings is 1. The third-order valence-corrected chi connectivity index (χ3v) is 11.8. The molecule has 0 radical (unpaired) electrons. The average Bonchev–Trinajstić information content (AvgIpc) is 3.82. The summed E-state index contributed by atoms with van der Waals surface area (Å²) in [5.41, 5.74) is 5.32. The van der Waals surface area contributed by atoms with Crippen LogP contribution < -0.4 is 5.73 Å². The van der Waals surface area contributed by atoms with Crippen molar-refractivity contribution < 1.29 is 38.2 Å². The van der Waals surface area contributed by atoms with Crippen LogP contribution in [0.3, 0.4) is 0 Å². The maximum Gasteiger partial charge on any atom is 0.310 e. The zero-order chi connectivity index (χ0) is 41.2. The fraction of sp³-hybridized carbons (Fsp3) is 0.750. The van der Waals surface area contributed by atoms with Gasteiger partial charge in [0.1, 0.15) is 11.4 Å². The van der Waals surface area contributed by atoms with E-state index in [1.54, 1.807) is 40.0 Å². The van der Waals surface area contributed by atoms with Crippen LogP contribution in [-0.4, -0.2) is 102 Å². The van der Waals surface area contributed by atoms with Crippen molar-refractivity contribution in [3.63, 3.8) is 0 Å². The van der Waals surface area contributed by atoms with Gasteiger partial charge in [-0.1, -0.05) is 63.9 Å². The topological polar surface area (TPSA) is 146 Å². The molecule has 2 amide bonds. The van der Waals surface area contributed by atoms with Crippen LogP contribution in [0.5, 0.6) is 0 Å². The molecular formula is C44H71N3O8. The summed E-state index contributed by atoms with van der Waals surface area (Å²) >= 11 is 0. The van der Waals surface area contributed by atoms with Crippen LogP contribution in [0.1, 0.15) is 119 Å². The van der Waals surface area contributed by atoms with Crippen LogP contribution in [0.4, 0.5) is 0 Å². The number of esters is 1. The highest BCUT2D eigenvalue weighted by Crippen LogP contribution is 2.36. The van der Waals surface area contributed by atoms with E-state index in [0.29, 0.717) is 19.4 Å². The lowest BCUT2D eigenvalue weighted by Crippen LogP contribution is -2.54. The molecule has 7 atom stereocenters. The smallest absolute Gasteiger partial charge is 0.310 e. The van der Waals surface area contributed by atoms with Crippen LogP contribution in [-0.2, 0) is 44.6 Å². The van der Waals surface area contributed by atoms with E-state index in [2.05, 4.69) is 0 Å². The fourth-order valence-corrected chi connectivity index (χ4v) is 8.55. The molecule has 0 aromatic heterocycles. The molecule has 1 aliphatic heterocycles. The molecule has 0 bridgehead atoms. The summed E-state index contributed by atoms with van der Waals surface area (Å²) < 4.78 is 17.9. The van der Waals surface area contributed by atoms with Gasteiger partial charge in [0.15, 0.2) is 5.78 Å². The molecule has 2 fully saturated rings. The second kappa shape index (κ2) is 20.3. The van der Waals surface area contributed by atoms with Gasteiger partial charge < -0.3 is 29.7 Å². The summed E-state index contributed by atoms with van der Waals surface area (Å²) in [6.45, 7) is 15.0. The maximum atomic E-state index is 14.3. The van der Waals surface area contributed by atoms with Crippen LogP contribution in [0.25, 0.3) is 0 Å². The SMILES string of the molecule is CO[C@H]([C@@H](C)C(=O)C[C@@H](Cc1ccccc1)C(=O)OC(C)(C)C)[C@@H]1CCCN1C(=O)C[C@@H](OC)[C@H](C1CCCC1)N(C)C(=O)[C@@H](CC(=O)C(C)(C)N)C(C)C. The average molecular weight is 770 g/mol. The lowest BCUT2D eigenvalue weighted by molar-refractivity contribution is -0.161. The van der Waals surface area contributed by atoms with Gasteiger partial charge in [0.05, 0.1) is 42.2 Å². The van der Waals surface area contributed by atoms with Crippen molar-refractivity contribution in [1.82, 2.24) is 9.80 Å². The maximum absolute atomic E-state index is 14.3. The summed E-state index contributed by atoms with van der Waals surface area (Å²) in [7, 11) is 4.95. The first-order chi connectivity index (χ1) is 25.7. The van der Waals surface area contributed by atoms with Crippen molar-refractivity contribution in [3.05, 3.63) is 35.9 Å². The molecule has 2 aliphatic rings. The Labute approximate surface area is 330 Å². The van der Waals surface area contributed by atoms with Crippen LogP contribution in [0, 0.1) is 29.6 Å². The minimum atomic E-state index is -1.05. The molecule has 11 nitrogen and oxygen atoms in total. The standard InChI is InChI=1S/C44H71N3O8/c1-28(2)33(26-37(49)44(7,8)45)41(51)46(9)39(31-20-15-16-21-31)36(53-10)27-38(50)47-23-17-22-34(47)40(54-11)29(3)35(48)25-32(42(52)55-43(4,5)6)24-30-18-13-12-14-19-30/h12-14,18-19,28-29,31-34,36,39-40H,15-17,20-27,45H2,1-11H3/t29-,32+,33-,34-,36+,39-,40+/m0/s1. The van der Waals surface area contributed by atoms with Crippen LogP contribution >= 0.6 is 0 Å². The first kappa shape index (κ1) is 46.2. The summed E-state index contributed by atoms with van der Waals surface area (Å²) in [5.74, 6) is -2.70. The lowest BCUT2D eigenvalue weighted by atomic mass is 9.83. The second-order valence-electron chi connectivity index (χ2n) is 18.0. The molecule has 1 heterocycles. The number of likely N-dealkylation sites (N-methyl/N-ethyl adjacent to an activating group) is 1. The Morgan fingerprint density at radius 1 is 0.873 bits per heavy atom. The van der Waals surface area contributed by atoms with Crippen LogP contribution in [0.2, 0.25) is 0 Å². The molecule has 55 heavy (non-hydrogen) atoms.